The molecule has 2 N–H and O–H groups in total. The Bertz CT molecular complexity index is 419. The molecule has 0 aliphatic heterocycles. The lowest BCUT2D eigenvalue weighted by atomic mass is 10.0. The molecule has 0 spiro atoms. The maximum absolute atomic E-state index is 8.77. The van der Waals surface area contributed by atoms with Crippen molar-refractivity contribution in [1.82, 2.24) is 5.32 Å². The maximum atomic E-state index is 8.77. The van der Waals surface area contributed by atoms with Gasteiger partial charge >= 0.3 is 0 Å². The standard InChI is InChI=1S/C32H65NOS2/c34-31-29-27-25-23-21-19-17-15-13-11-9-7-5-3-1-2-4-6-8-10-12-14-16-18-20-22-24-26-28-30-33-32(35)36/h34H,1-31H2,(H2,33,35,36). The second-order valence-electron chi connectivity index (χ2n) is 11.2. The molecule has 0 rings (SSSR count). The summed E-state index contributed by atoms with van der Waals surface area (Å²) in [7, 11) is 0. The highest BCUT2D eigenvalue weighted by atomic mass is 32.1. The summed E-state index contributed by atoms with van der Waals surface area (Å²) < 4.78 is 0.627. The zero-order chi connectivity index (χ0) is 26.2. The van der Waals surface area contributed by atoms with Crippen LogP contribution >= 0.6 is 24.8 Å². The number of rotatable bonds is 31. The topological polar surface area (TPSA) is 32.3 Å². The van der Waals surface area contributed by atoms with E-state index >= 15 is 0 Å². The molecule has 0 aliphatic rings. The van der Waals surface area contributed by atoms with Gasteiger partial charge in [-0.2, -0.15) is 0 Å². The number of nitrogens with one attached hydrogen (secondary N) is 1. The number of aliphatic hydroxyl groups is 1. The van der Waals surface area contributed by atoms with E-state index in [1.165, 1.54) is 180 Å². The summed E-state index contributed by atoms with van der Waals surface area (Å²) in [5, 5.41) is 11.9. The fourth-order valence-electron chi connectivity index (χ4n) is 5.21. The Kier molecular flexibility index (Phi) is 33.4. The van der Waals surface area contributed by atoms with Crippen LogP contribution in [0.25, 0.3) is 0 Å². The Hall–Kier alpha value is 0.200. The van der Waals surface area contributed by atoms with Crippen molar-refractivity contribution in [2.24, 2.45) is 0 Å². The normalized spacial score (nSPS) is 11.3. The van der Waals surface area contributed by atoms with Crippen LogP contribution in [0.15, 0.2) is 0 Å². The molecule has 0 aromatic rings. The van der Waals surface area contributed by atoms with E-state index in [1.54, 1.807) is 0 Å². The second-order valence-corrected chi connectivity index (χ2v) is 12.4. The molecular weight excluding hydrogens is 478 g/mol. The Balaban J connectivity index is 3.02. The molecule has 0 amide bonds. The molecule has 216 valence electrons. The van der Waals surface area contributed by atoms with Crippen LogP contribution in [0, 0.1) is 0 Å². The van der Waals surface area contributed by atoms with Gasteiger partial charge < -0.3 is 10.4 Å². The van der Waals surface area contributed by atoms with Gasteiger partial charge in [-0.1, -0.05) is 186 Å². The molecular formula is C32H65NOS2. The summed E-state index contributed by atoms with van der Waals surface area (Å²) in [6.07, 6.45) is 40.7. The average molecular weight is 544 g/mol. The molecule has 0 aromatic carbocycles. The van der Waals surface area contributed by atoms with Crippen molar-refractivity contribution in [2.75, 3.05) is 13.2 Å². The third kappa shape index (κ3) is 34.2. The minimum absolute atomic E-state index is 0.371. The minimum Gasteiger partial charge on any atom is -0.396 e. The summed E-state index contributed by atoms with van der Waals surface area (Å²) in [6.45, 7) is 1.35. The van der Waals surface area contributed by atoms with Gasteiger partial charge in [-0.3, -0.25) is 0 Å². The van der Waals surface area contributed by atoms with Gasteiger partial charge in [-0.25, -0.2) is 0 Å². The molecule has 0 saturated heterocycles. The van der Waals surface area contributed by atoms with E-state index < -0.39 is 0 Å². The smallest absolute Gasteiger partial charge is 0.130 e. The van der Waals surface area contributed by atoms with Crippen LogP contribution in [-0.2, 0) is 0 Å². The average Bonchev–Trinajstić information content (AvgIpc) is 2.87. The molecule has 4 heteroatoms. The Morgan fingerprint density at radius 3 is 0.778 bits per heavy atom. The number of thiol groups is 1. The number of unbranched alkanes of at least 4 members (excludes halogenated alkanes) is 28. The van der Waals surface area contributed by atoms with Gasteiger partial charge in [0.05, 0.1) is 0 Å². The Morgan fingerprint density at radius 2 is 0.583 bits per heavy atom. The van der Waals surface area contributed by atoms with Crippen molar-refractivity contribution < 1.29 is 5.11 Å². The van der Waals surface area contributed by atoms with Crippen LogP contribution in [0.4, 0.5) is 0 Å². The van der Waals surface area contributed by atoms with Gasteiger partial charge in [0.15, 0.2) is 0 Å². The molecule has 0 saturated carbocycles. The highest BCUT2D eigenvalue weighted by molar-refractivity contribution is 8.11. The molecule has 0 fully saturated rings. The van der Waals surface area contributed by atoms with Crippen molar-refractivity contribution in [3.8, 4) is 0 Å². The van der Waals surface area contributed by atoms with E-state index in [-0.39, 0.29) is 0 Å². The Morgan fingerprint density at radius 1 is 0.389 bits per heavy atom. The van der Waals surface area contributed by atoms with Crippen molar-refractivity contribution in [3.05, 3.63) is 0 Å². The summed E-state index contributed by atoms with van der Waals surface area (Å²) >= 11 is 8.97. The molecule has 0 unspecified atom stereocenters. The monoisotopic (exact) mass is 543 g/mol. The molecule has 0 radical (unpaired) electrons. The molecule has 0 aromatic heterocycles. The molecule has 0 atom stereocenters. The number of thiocarbonyl (C=S) groups is 1. The van der Waals surface area contributed by atoms with Crippen molar-refractivity contribution in [3.63, 3.8) is 0 Å². The van der Waals surface area contributed by atoms with E-state index in [1.807, 2.05) is 0 Å². The second kappa shape index (κ2) is 33.2. The summed E-state index contributed by atoms with van der Waals surface area (Å²) in [5.74, 6) is 0. The third-order valence-corrected chi connectivity index (χ3v) is 7.91. The first-order valence-electron chi connectivity index (χ1n) is 16.3. The van der Waals surface area contributed by atoms with E-state index in [2.05, 4.69) is 17.9 Å². The van der Waals surface area contributed by atoms with Gasteiger partial charge in [0.25, 0.3) is 0 Å². The van der Waals surface area contributed by atoms with E-state index in [0.717, 1.165) is 13.0 Å². The van der Waals surface area contributed by atoms with Crippen LogP contribution in [-0.4, -0.2) is 22.6 Å². The summed E-state index contributed by atoms with van der Waals surface area (Å²) in [5.41, 5.74) is 0. The third-order valence-electron chi connectivity index (χ3n) is 7.61. The van der Waals surface area contributed by atoms with Crippen LogP contribution in [0.2, 0.25) is 0 Å². The van der Waals surface area contributed by atoms with Crippen LogP contribution < -0.4 is 5.32 Å². The highest BCUT2D eigenvalue weighted by Crippen LogP contribution is 2.16. The predicted molar refractivity (Wildman–Crippen MR) is 171 cm³/mol. The molecule has 0 heterocycles. The fraction of sp³-hybridized carbons (Fsp3) is 0.969. The van der Waals surface area contributed by atoms with E-state index in [4.69, 9.17) is 17.3 Å². The van der Waals surface area contributed by atoms with Crippen LogP contribution in [0.5, 0.6) is 0 Å². The van der Waals surface area contributed by atoms with Crippen molar-refractivity contribution in [1.29, 1.82) is 0 Å². The lowest BCUT2D eigenvalue weighted by molar-refractivity contribution is 0.282. The number of hydrogen-bond acceptors (Lipinski definition) is 2. The molecule has 0 bridgehead atoms. The number of hydrogen-bond donors (Lipinski definition) is 3. The van der Waals surface area contributed by atoms with Gasteiger partial charge in [0.2, 0.25) is 0 Å². The lowest BCUT2D eigenvalue weighted by Crippen LogP contribution is -2.17. The molecule has 36 heavy (non-hydrogen) atoms. The maximum Gasteiger partial charge on any atom is 0.130 e. The largest absolute Gasteiger partial charge is 0.396 e. The van der Waals surface area contributed by atoms with E-state index in [9.17, 15) is 0 Å². The van der Waals surface area contributed by atoms with E-state index in [0.29, 0.717) is 10.9 Å². The fourth-order valence-corrected chi connectivity index (χ4v) is 5.42. The number of aliphatic hydroxyl groups excluding tert-OH is 1. The lowest BCUT2D eigenvalue weighted by Gasteiger charge is -2.05. The first kappa shape index (κ1) is 36.2. The van der Waals surface area contributed by atoms with Gasteiger partial charge in [-0.05, 0) is 12.8 Å². The summed E-state index contributed by atoms with van der Waals surface area (Å²) in [6, 6.07) is 0. The predicted octanol–water partition coefficient (Wildman–Crippen LogP) is 11.1. The highest BCUT2D eigenvalue weighted by Gasteiger charge is 1.97. The van der Waals surface area contributed by atoms with Gasteiger partial charge in [-0.15, -0.1) is 12.6 Å². The SMILES string of the molecule is OCCCCCCCCCCCCCCCCCCCCCCCCCCCCCCCNC(=S)S. The quantitative estimate of drug-likeness (QED) is 0.0462. The van der Waals surface area contributed by atoms with Gasteiger partial charge in [0.1, 0.15) is 4.32 Å². The van der Waals surface area contributed by atoms with Crippen LogP contribution in [0.3, 0.4) is 0 Å². The van der Waals surface area contributed by atoms with Crippen molar-refractivity contribution >= 4 is 29.2 Å². The molecule has 0 aliphatic carbocycles. The first-order valence-corrected chi connectivity index (χ1v) is 17.2. The zero-order valence-corrected chi connectivity index (χ0v) is 25.9. The van der Waals surface area contributed by atoms with Gasteiger partial charge in [0, 0.05) is 13.2 Å². The zero-order valence-electron chi connectivity index (χ0n) is 24.2. The minimum atomic E-state index is 0.371. The first-order chi connectivity index (χ1) is 17.8. The summed E-state index contributed by atoms with van der Waals surface area (Å²) in [4.78, 5) is 0. The van der Waals surface area contributed by atoms with Crippen molar-refractivity contribution in [2.45, 2.75) is 186 Å². The van der Waals surface area contributed by atoms with Crippen LogP contribution in [0.1, 0.15) is 186 Å². The molecule has 2 nitrogen and oxygen atoms in total. The Labute approximate surface area is 238 Å².